The lowest BCUT2D eigenvalue weighted by Gasteiger charge is -2.19. The summed E-state index contributed by atoms with van der Waals surface area (Å²) in [5, 5.41) is 9.96. The van der Waals surface area contributed by atoms with Crippen molar-refractivity contribution < 1.29 is 14.6 Å². The van der Waals surface area contributed by atoms with Crippen LogP contribution < -0.4 is 0 Å². The minimum atomic E-state index is -0.687. The molecule has 128 valence electrons. The molecule has 0 amide bonds. The van der Waals surface area contributed by atoms with Gasteiger partial charge in [-0.05, 0) is 35.2 Å². The Balaban J connectivity index is 1.80. The molecule has 1 unspecified atom stereocenters. The summed E-state index contributed by atoms with van der Waals surface area (Å²) in [7, 11) is 0. The summed E-state index contributed by atoms with van der Waals surface area (Å²) < 4.78 is 5.20. The first kappa shape index (κ1) is 18.6. The van der Waals surface area contributed by atoms with Crippen molar-refractivity contribution in [3.63, 3.8) is 0 Å². The van der Waals surface area contributed by atoms with E-state index in [0.717, 1.165) is 4.90 Å². The molecule has 1 N–H and O–H groups in total. The van der Waals surface area contributed by atoms with Crippen LogP contribution in [-0.2, 0) is 10.2 Å². The number of thioether (sulfide) groups is 1. The minimum Gasteiger partial charge on any atom is -0.459 e. The van der Waals surface area contributed by atoms with Crippen LogP contribution in [0, 0.1) is 0 Å². The molecule has 2 aromatic rings. The first-order chi connectivity index (χ1) is 11.4. The first-order valence-electron chi connectivity index (χ1n) is 8.00. The molecule has 0 aliphatic heterocycles. The Hall–Kier alpha value is -1.78. The van der Waals surface area contributed by atoms with Crippen LogP contribution in [0.25, 0.3) is 0 Å². The number of hydrogen-bond donors (Lipinski definition) is 1. The molecule has 4 heteroatoms. The molecule has 0 fully saturated rings. The number of aliphatic hydroxyl groups excluding tert-OH is 1. The zero-order chi connectivity index (χ0) is 17.6. The number of carbonyl (C=O) groups excluding carboxylic acids is 1. The average molecular weight is 344 g/mol. The van der Waals surface area contributed by atoms with E-state index in [9.17, 15) is 9.90 Å². The molecule has 3 nitrogen and oxygen atoms in total. The Morgan fingerprint density at radius 1 is 1.08 bits per heavy atom. The second kappa shape index (κ2) is 8.36. The smallest absolute Gasteiger partial charge is 0.338 e. The van der Waals surface area contributed by atoms with Crippen molar-refractivity contribution in [2.75, 3.05) is 12.4 Å². The SMILES string of the molecule is CC(C)(C)c1ccc(C(=O)OCC(O)CSc2ccccc2)cc1. The largest absolute Gasteiger partial charge is 0.459 e. The highest BCUT2D eigenvalue weighted by molar-refractivity contribution is 7.99. The Morgan fingerprint density at radius 3 is 2.29 bits per heavy atom. The molecule has 0 saturated heterocycles. The topological polar surface area (TPSA) is 46.5 Å². The van der Waals surface area contributed by atoms with E-state index >= 15 is 0 Å². The Kier molecular flexibility index (Phi) is 6.46. The molecule has 0 spiro atoms. The number of benzene rings is 2. The van der Waals surface area contributed by atoms with Gasteiger partial charge >= 0.3 is 5.97 Å². The molecule has 0 heterocycles. The molecule has 2 aromatic carbocycles. The van der Waals surface area contributed by atoms with E-state index in [4.69, 9.17) is 4.74 Å². The number of aliphatic hydroxyl groups is 1. The maximum absolute atomic E-state index is 12.0. The van der Waals surface area contributed by atoms with Crippen molar-refractivity contribution in [3.05, 3.63) is 65.7 Å². The second-order valence-corrected chi connectivity index (χ2v) is 7.80. The van der Waals surface area contributed by atoms with E-state index in [-0.39, 0.29) is 12.0 Å². The van der Waals surface area contributed by atoms with Crippen LogP contribution in [0.2, 0.25) is 0 Å². The highest BCUT2D eigenvalue weighted by atomic mass is 32.2. The van der Waals surface area contributed by atoms with Gasteiger partial charge in [-0.2, -0.15) is 0 Å². The third kappa shape index (κ3) is 5.69. The fourth-order valence-corrected chi connectivity index (χ4v) is 2.95. The monoisotopic (exact) mass is 344 g/mol. The van der Waals surface area contributed by atoms with Crippen LogP contribution in [0.1, 0.15) is 36.7 Å². The molecule has 0 aliphatic rings. The number of hydrogen-bond acceptors (Lipinski definition) is 4. The summed E-state index contributed by atoms with van der Waals surface area (Å²) in [4.78, 5) is 13.1. The molecular weight excluding hydrogens is 320 g/mol. The van der Waals surface area contributed by atoms with Gasteiger partial charge in [0.25, 0.3) is 0 Å². The molecular formula is C20H24O3S. The Morgan fingerprint density at radius 2 is 1.71 bits per heavy atom. The number of esters is 1. The van der Waals surface area contributed by atoms with Gasteiger partial charge in [-0.3, -0.25) is 0 Å². The van der Waals surface area contributed by atoms with Crippen LogP contribution in [0.3, 0.4) is 0 Å². The predicted octanol–water partition coefficient (Wildman–Crippen LogP) is 4.29. The molecule has 0 radical (unpaired) electrons. The summed E-state index contributed by atoms with van der Waals surface area (Å²) in [6.45, 7) is 6.38. The molecule has 24 heavy (non-hydrogen) atoms. The van der Waals surface area contributed by atoms with Crippen molar-refractivity contribution in [1.82, 2.24) is 0 Å². The normalized spacial score (nSPS) is 12.7. The summed E-state index contributed by atoms with van der Waals surface area (Å²) in [6.07, 6.45) is -0.687. The fraction of sp³-hybridized carbons (Fsp3) is 0.350. The first-order valence-corrected chi connectivity index (χ1v) is 8.98. The van der Waals surface area contributed by atoms with Crippen LogP contribution in [0.4, 0.5) is 0 Å². The van der Waals surface area contributed by atoms with Crippen molar-refractivity contribution in [2.24, 2.45) is 0 Å². The molecule has 0 bridgehead atoms. The van der Waals surface area contributed by atoms with E-state index in [0.29, 0.717) is 11.3 Å². The van der Waals surface area contributed by atoms with Crippen LogP contribution in [0.5, 0.6) is 0 Å². The van der Waals surface area contributed by atoms with Gasteiger partial charge in [-0.15, -0.1) is 11.8 Å². The summed E-state index contributed by atoms with van der Waals surface area (Å²) >= 11 is 1.54. The van der Waals surface area contributed by atoms with E-state index in [1.165, 1.54) is 17.3 Å². The molecule has 0 saturated carbocycles. The lowest BCUT2D eigenvalue weighted by atomic mass is 9.87. The standard InChI is InChI=1S/C20H24O3S/c1-20(2,3)16-11-9-15(10-12-16)19(22)23-13-17(21)14-24-18-7-5-4-6-8-18/h4-12,17,21H,13-14H2,1-3H3. The van der Waals surface area contributed by atoms with Crippen molar-refractivity contribution in [2.45, 2.75) is 37.2 Å². The van der Waals surface area contributed by atoms with E-state index in [1.54, 1.807) is 12.1 Å². The maximum Gasteiger partial charge on any atom is 0.338 e. The lowest BCUT2D eigenvalue weighted by Crippen LogP contribution is -2.21. The summed E-state index contributed by atoms with van der Waals surface area (Å²) in [5.74, 6) is 0.0829. The van der Waals surface area contributed by atoms with Gasteiger partial charge in [0.15, 0.2) is 0 Å². The van der Waals surface area contributed by atoms with Gasteiger partial charge in [0.2, 0.25) is 0 Å². The zero-order valence-electron chi connectivity index (χ0n) is 14.4. The fourth-order valence-electron chi connectivity index (χ4n) is 2.12. The number of rotatable bonds is 6. The zero-order valence-corrected chi connectivity index (χ0v) is 15.2. The van der Waals surface area contributed by atoms with Gasteiger partial charge in [0.1, 0.15) is 6.61 Å². The van der Waals surface area contributed by atoms with Gasteiger partial charge in [-0.25, -0.2) is 4.79 Å². The third-order valence-electron chi connectivity index (χ3n) is 3.58. The van der Waals surface area contributed by atoms with Crippen molar-refractivity contribution in [3.8, 4) is 0 Å². The minimum absolute atomic E-state index is 0.000308. The highest BCUT2D eigenvalue weighted by Crippen LogP contribution is 2.22. The van der Waals surface area contributed by atoms with Gasteiger partial charge < -0.3 is 9.84 Å². The summed E-state index contributed by atoms with van der Waals surface area (Å²) in [5.41, 5.74) is 1.72. The van der Waals surface area contributed by atoms with Crippen LogP contribution in [-0.4, -0.2) is 29.5 Å². The second-order valence-electron chi connectivity index (χ2n) is 6.70. The van der Waals surface area contributed by atoms with Gasteiger partial charge in [0, 0.05) is 10.6 Å². The van der Waals surface area contributed by atoms with Crippen molar-refractivity contribution in [1.29, 1.82) is 0 Å². The van der Waals surface area contributed by atoms with Gasteiger partial charge in [0.05, 0.1) is 11.7 Å². The molecule has 0 aliphatic carbocycles. The number of ether oxygens (including phenoxy) is 1. The Bertz CT molecular complexity index is 645. The molecule has 0 aromatic heterocycles. The van der Waals surface area contributed by atoms with E-state index in [1.807, 2.05) is 42.5 Å². The van der Waals surface area contributed by atoms with Crippen LogP contribution in [0.15, 0.2) is 59.5 Å². The lowest BCUT2D eigenvalue weighted by molar-refractivity contribution is 0.0305. The predicted molar refractivity (Wildman–Crippen MR) is 98.6 cm³/mol. The number of carbonyl (C=O) groups is 1. The van der Waals surface area contributed by atoms with Crippen LogP contribution >= 0.6 is 11.8 Å². The maximum atomic E-state index is 12.0. The highest BCUT2D eigenvalue weighted by Gasteiger charge is 2.15. The van der Waals surface area contributed by atoms with Gasteiger partial charge in [-0.1, -0.05) is 51.1 Å². The van der Waals surface area contributed by atoms with E-state index < -0.39 is 12.1 Å². The van der Waals surface area contributed by atoms with E-state index in [2.05, 4.69) is 20.8 Å². The molecule has 2 rings (SSSR count). The third-order valence-corrected chi connectivity index (χ3v) is 4.74. The average Bonchev–Trinajstić information content (AvgIpc) is 2.58. The molecule has 1 atom stereocenters. The quantitative estimate of drug-likeness (QED) is 0.627. The summed E-state index contributed by atoms with van der Waals surface area (Å²) in [6, 6.07) is 17.3. The van der Waals surface area contributed by atoms with Crippen molar-refractivity contribution >= 4 is 17.7 Å². The Labute approximate surface area is 148 Å².